The summed E-state index contributed by atoms with van der Waals surface area (Å²) < 4.78 is 55.6. The van der Waals surface area contributed by atoms with Crippen LogP contribution in [0.1, 0.15) is 46.6 Å². The van der Waals surface area contributed by atoms with E-state index in [-0.39, 0.29) is 22.9 Å². The molecule has 1 aromatic heterocycles. The molecule has 1 amide bonds. The van der Waals surface area contributed by atoms with Crippen LogP contribution in [0, 0.1) is 23.3 Å². The molecule has 238 valence electrons. The fourth-order valence-electron chi connectivity index (χ4n) is 6.36. The van der Waals surface area contributed by atoms with Gasteiger partial charge in [-0.3, -0.25) is 14.8 Å². The fraction of sp³-hybridized carbons (Fsp3) is 0.333. The summed E-state index contributed by atoms with van der Waals surface area (Å²) in [6.07, 6.45) is 0. The highest BCUT2D eigenvalue weighted by Crippen LogP contribution is 2.41. The molecular weight excluding hydrogens is 652 g/mol. The van der Waals surface area contributed by atoms with Crippen molar-refractivity contribution < 1.29 is 43.8 Å². The molecule has 0 unspecified atom stereocenters. The summed E-state index contributed by atoms with van der Waals surface area (Å²) in [5.74, 6) is -2.22. The fourth-order valence-corrected chi connectivity index (χ4v) is 6.36. The minimum Gasteiger partial charge on any atom is -1.00 e. The van der Waals surface area contributed by atoms with Gasteiger partial charge < -0.3 is 31.7 Å². The minimum absolute atomic E-state index is 0. The summed E-state index contributed by atoms with van der Waals surface area (Å²) in [7, 11) is 2.10. The van der Waals surface area contributed by atoms with Crippen LogP contribution in [0.25, 0.3) is 0 Å². The van der Waals surface area contributed by atoms with Gasteiger partial charge in [0.05, 0.1) is 44.5 Å². The Kier molecular flexibility index (Phi) is 9.12. The minimum atomic E-state index is -0.618. The number of carbonyl (C=O) groups excluding carboxylic acids is 1. The SMILES string of the molecule is CC1(C)c2[nH]nc(NC(=O)c3ccc(N4CC[N+](C)(Cc5cc(F)cc(F)c5)CC4)cc3)c2CN1Cc1cc(F)cc(F)c1.[Br-]. The van der Waals surface area contributed by atoms with Crippen LogP contribution in [0.4, 0.5) is 29.1 Å². The molecule has 0 spiro atoms. The molecule has 45 heavy (non-hydrogen) atoms. The second-order valence-corrected chi connectivity index (χ2v) is 12.6. The first kappa shape index (κ1) is 32.6. The molecule has 3 heterocycles. The van der Waals surface area contributed by atoms with E-state index in [1.54, 1.807) is 12.1 Å². The number of quaternary nitrogens is 1. The predicted molar refractivity (Wildman–Crippen MR) is 160 cm³/mol. The number of halogens is 5. The summed E-state index contributed by atoms with van der Waals surface area (Å²) in [5, 5.41) is 10.3. The summed E-state index contributed by atoms with van der Waals surface area (Å²) in [6, 6.07) is 14.6. The van der Waals surface area contributed by atoms with Gasteiger partial charge in [0, 0.05) is 47.6 Å². The van der Waals surface area contributed by atoms with Crippen molar-refractivity contribution in [3.63, 3.8) is 0 Å². The number of aromatic nitrogens is 2. The number of fused-ring (bicyclic) bond motifs is 1. The molecule has 1 saturated heterocycles. The third kappa shape index (κ3) is 6.92. The van der Waals surface area contributed by atoms with Crippen molar-refractivity contribution in [1.29, 1.82) is 0 Å². The van der Waals surface area contributed by atoms with E-state index >= 15 is 0 Å². The number of nitrogens with one attached hydrogen (secondary N) is 2. The third-order valence-corrected chi connectivity index (χ3v) is 8.95. The first-order valence-electron chi connectivity index (χ1n) is 14.6. The van der Waals surface area contributed by atoms with Crippen molar-refractivity contribution in [3.8, 4) is 0 Å². The van der Waals surface area contributed by atoms with Gasteiger partial charge in [-0.25, -0.2) is 17.6 Å². The van der Waals surface area contributed by atoms with Gasteiger partial charge in [0.1, 0.15) is 29.8 Å². The lowest BCUT2D eigenvalue weighted by Crippen LogP contribution is -3.00. The molecule has 2 aliphatic heterocycles. The van der Waals surface area contributed by atoms with Crippen LogP contribution < -0.4 is 27.2 Å². The number of piperazine rings is 1. The Balaban J connectivity index is 0.00000400. The molecule has 12 heteroatoms. The second-order valence-electron chi connectivity index (χ2n) is 12.6. The summed E-state index contributed by atoms with van der Waals surface area (Å²) in [4.78, 5) is 17.5. The Hall–Kier alpha value is -3.74. The highest BCUT2D eigenvalue weighted by molar-refractivity contribution is 6.04. The average molecular weight is 688 g/mol. The van der Waals surface area contributed by atoms with Crippen LogP contribution in [0.5, 0.6) is 0 Å². The molecule has 1 fully saturated rings. The summed E-state index contributed by atoms with van der Waals surface area (Å²) in [6.45, 7) is 8.50. The van der Waals surface area contributed by atoms with E-state index in [1.807, 2.05) is 26.0 Å². The molecule has 6 rings (SSSR count). The van der Waals surface area contributed by atoms with Crippen molar-refractivity contribution in [3.05, 3.63) is 112 Å². The highest BCUT2D eigenvalue weighted by Gasteiger charge is 2.41. The molecule has 4 aromatic rings. The van der Waals surface area contributed by atoms with Gasteiger partial charge in [0.15, 0.2) is 5.82 Å². The monoisotopic (exact) mass is 686 g/mol. The lowest BCUT2D eigenvalue weighted by molar-refractivity contribution is -0.923. The van der Waals surface area contributed by atoms with Gasteiger partial charge in [-0.1, -0.05) is 0 Å². The van der Waals surface area contributed by atoms with E-state index in [0.717, 1.165) is 55.3 Å². The van der Waals surface area contributed by atoms with Crippen LogP contribution in [0.15, 0.2) is 60.7 Å². The maximum absolute atomic E-state index is 13.8. The zero-order valence-corrected chi connectivity index (χ0v) is 26.9. The van der Waals surface area contributed by atoms with Crippen LogP contribution in [-0.4, -0.2) is 58.7 Å². The van der Waals surface area contributed by atoms with Crippen LogP contribution >= 0.6 is 0 Å². The van der Waals surface area contributed by atoms with E-state index in [9.17, 15) is 22.4 Å². The molecule has 2 aliphatic rings. The van der Waals surface area contributed by atoms with Crippen molar-refractivity contribution in [1.82, 2.24) is 15.1 Å². The number of nitrogens with zero attached hydrogens (tertiary/aromatic N) is 4. The summed E-state index contributed by atoms with van der Waals surface area (Å²) >= 11 is 0. The van der Waals surface area contributed by atoms with Gasteiger partial charge in [-0.05, 0) is 67.9 Å². The first-order chi connectivity index (χ1) is 20.9. The largest absolute Gasteiger partial charge is 1.00 e. The van der Waals surface area contributed by atoms with Crippen LogP contribution in [0.3, 0.4) is 0 Å². The Labute approximate surface area is 270 Å². The van der Waals surface area contributed by atoms with Gasteiger partial charge in [0.25, 0.3) is 5.91 Å². The topological polar surface area (TPSA) is 64.3 Å². The van der Waals surface area contributed by atoms with Crippen molar-refractivity contribution >= 4 is 17.4 Å². The Bertz CT molecular complexity index is 1660. The van der Waals surface area contributed by atoms with Gasteiger partial charge in [0.2, 0.25) is 0 Å². The van der Waals surface area contributed by atoms with Crippen molar-refractivity contribution in [2.75, 3.05) is 43.4 Å². The molecule has 0 radical (unpaired) electrons. The Morgan fingerprint density at radius 1 is 0.911 bits per heavy atom. The second kappa shape index (κ2) is 12.6. The van der Waals surface area contributed by atoms with E-state index in [4.69, 9.17) is 0 Å². The van der Waals surface area contributed by atoms with Crippen LogP contribution in [-0.2, 0) is 25.2 Å². The maximum atomic E-state index is 13.8. The molecule has 0 aliphatic carbocycles. The van der Waals surface area contributed by atoms with Gasteiger partial charge in [-0.2, -0.15) is 5.10 Å². The quantitative estimate of drug-likeness (QED) is 0.232. The van der Waals surface area contributed by atoms with E-state index in [0.29, 0.717) is 46.6 Å². The summed E-state index contributed by atoms with van der Waals surface area (Å²) in [5.41, 5.74) is 3.85. The molecular formula is C33H35BrF4N6O. The average Bonchev–Trinajstić information content (AvgIpc) is 3.45. The number of hydrogen-bond acceptors (Lipinski definition) is 4. The lowest BCUT2D eigenvalue weighted by atomic mass is 10.00. The smallest absolute Gasteiger partial charge is 0.256 e. The van der Waals surface area contributed by atoms with Gasteiger partial charge in [-0.15, -0.1) is 0 Å². The number of rotatable bonds is 7. The number of aromatic amines is 1. The first-order valence-corrected chi connectivity index (χ1v) is 14.6. The molecule has 0 saturated carbocycles. The standard InChI is InChI=1S/C33H34F4N6O.BrH/c1-33(2)30-29(19-42(33)18-21-12-24(34)16-25(35)13-21)31(40-39-30)38-32(44)23-4-6-28(7-5-23)41-8-10-43(3,11-9-41)20-22-14-26(36)17-27(37)15-22;/h4-7,12-17H,8-11,18-20H2,1-3H3,(H-,38,39,40,44);1H. The molecule has 3 aromatic carbocycles. The van der Waals surface area contributed by atoms with Crippen LogP contribution in [0.2, 0.25) is 0 Å². The number of carbonyl (C=O) groups is 1. The zero-order chi connectivity index (χ0) is 31.2. The Morgan fingerprint density at radius 2 is 1.47 bits per heavy atom. The Morgan fingerprint density at radius 3 is 2.04 bits per heavy atom. The maximum Gasteiger partial charge on any atom is 0.256 e. The highest BCUT2D eigenvalue weighted by atomic mass is 79.9. The third-order valence-electron chi connectivity index (χ3n) is 8.95. The predicted octanol–water partition coefficient (Wildman–Crippen LogP) is 2.94. The van der Waals surface area contributed by atoms with E-state index < -0.39 is 28.8 Å². The van der Waals surface area contributed by atoms with E-state index in [1.165, 1.54) is 24.3 Å². The molecule has 0 bridgehead atoms. The van der Waals surface area contributed by atoms with Crippen molar-refractivity contribution in [2.24, 2.45) is 0 Å². The number of likely N-dealkylation sites (N-methyl/N-ethyl adjacent to an activating group) is 1. The number of hydrogen-bond donors (Lipinski definition) is 2. The van der Waals surface area contributed by atoms with Gasteiger partial charge >= 0.3 is 0 Å². The zero-order valence-electron chi connectivity index (χ0n) is 25.3. The van der Waals surface area contributed by atoms with E-state index in [2.05, 4.69) is 32.4 Å². The number of anilines is 2. The molecule has 2 N–H and O–H groups in total. The number of H-pyrrole nitrogens is 1. The molecule has 7 nitrogen and oxygen atoms in total. The normalized spacial score (nSPS) is 17.1. The van der Waals surface area contributed by atoms with Crippen molar-refractivity contribution in [2.45, 2.75) is 39.0 Å². The molecule has 0 atom stereocenters. The number of benzene rings is 3. The lowest BCUT2D eigenvalue weighted by Gasteiger charge is -2.43. The number of amides is 1.